The van der Waals surface area contributed by atoms with Crippen LogP contribution in [0.5, 0.6) is 0 Å². The molecule has 0 saturated heterocycles. The number of fused-ring (bicyclic) bond motifs is 20. The fourth-order valence-electron chi connectivity index (χ4n) is 5.46. The van der Waals surface area contributed by atoms with E-state index in [9.17, 15) is 0 Å². The van der Waals surface area contributed by atoms with E-state index in [0.29, 0.717) is 46.2 Å². The molecule has 3 aliphatic rings. The van der Waals surface area contributed by atoms with Gasteiger partial charge in [-0.05, 0) is 27.5 Å². The number of hydrogen-bond donors (Lipinski definition) is 0. The van der Waals surface area contributed by atoms with Gasteiger partial charge in [-0.15, -0.1) is 0 Å². The maximum absolute atomic E-state index is 4.95. The molecule has 0 amide bonds. The quantitative estimate of drug-likeness (QED) is 0.238. The minimum atomic E-state index is 0. The summed E-state index contributed by atoms with van der Waals surface area (Å²) in [4.78, 5) is 39.3. The van der Waals surface area contributed by atoms with Crippen LogP contribution in [0.15, 0.2) is 97.1 Å². The summed E-state index contributed by atoms with van der Waals surface area (Å²) in [5, 5.41) is 1.79. The first kappa shape index (κ1) is 25.7. The van der Waals surface area contributed by atoms with E-state index in [0.717, 1.165) is 44.2 Å². The summed E-state index contributed by atoms with van der Waals surface area (Å²) in [5.41, 5.74) is 6.46. The Morgan fingerprint density at radius 1 is 0.357 bits per heavy atom. The minimum absolute atomic E-state index is 0. The van der Waals surface area contributed by atoms with Gasteiger partial charge >= 0.3 is 18.6 Å². The molecular weight excluding hydrogens is 563 g/mol. The first-order valence-electron chi connectivity index (χ1n) is 12.9. The van der Waals surface area contributed by atoms with Crippen LogP contribution in [0.2, 0.25) is 0 Å². The molecule has 6 aromatic rings. The van der Waals surface area contributed by atoms with Crippen LogP contribution < -0.4 is 9.97 Å². The first-order chi connectivity index (χ1) is 19.8. The topological polar surface area (TPSA) is 137 Å². The van der Waals surface area contributed by atoms with E-state index in [-0.39, 0.29) is 24.0 Å². The third kappa shape index (κ3) is 3.76. The SMILES string of the molecule is O.[V+2].c1ccc2c(c1)-c1nc-2nc2[n-]c(nc3nc([n-]c4nc(n1)-c1ccccc1-4)-c1ccccc1-3)c1ccccc21. The van der Waals surface area contributed by atoms with Crippen LogP contribution in [-0.4, -0.2) is 35.4 Å². The van der Waals surface area contributed by atoms with Gasteiger partial charge in [-0.3, -0.25) is 0 Å². The number of rotatable bonds is 0. The number of aromatic nitrogens is 8. The second-order valence-electron chi connectivity index (χ2n) is 9.67. The molecule has 9 nitrogen and oxygen atoms in total. The molecule has 0 unspecified atom stereocenters. The molecule has 197 valence electrons. The molecule has 0 aliphatic carbocycles. The fourth-order valence-corrected chi connectivity index (χ4v) is 5.46. The van der Waals surface area contributed by atoms with E-state index >= 15 is 0 Å². The summed E-state index contributed by atoms with van der Waals surface area (Å²) in [6.07, 6.45) is 0. The first-order valence-corrected chi connectivity index (χ1v) is 12.9. The maximum atomic E-state index is 4.95. The van der Waals surface area contributed by atoms with Gasteiger partial charge in [0.25, 0.3) is 0 Å². The minimum Gasteiger partial charge on any atom is -0.412 e. The van der Waals surface area contributed by atoms with Crippen molar-refractivity contribution < 1.29 is 24.0 Å². The van der Waals surface area contributed by atoms with Crippen LogP contribution >= 0.6 is 0 Å². The molecule has 4 aromatic carbocycles. The van der Waals surface area contributed by atoms with E-state index in [4.69, 9.17) is 39.9 Å². The molecule has 0 spiro atoms. The summed E-state index contributed by atoms with van der Waals surface area (Å²) in [5.74, 6) is 3.31. The largest absolute Gasteiger partial charge is 2.00 e. The van der Waals surface area contributed by atoms with Gasteiger partial charge in [0, 0.05) is 45.5 Å². The Balaban J connectivity index is 0.00000144. The molecule has 9 rings (SSSR count). The monoisotopic (exact) mass is 581 g/mol. The van der Waals surface area contributed by atoms with Crippen LogP contribution in [0.4, 0.5) is 0 Å². The average Bonchev–Trinajstić information content (AvgIpc) is 3.73. The number of benzene rings is 4. The van der Waals surface area contributed by atoms with Gasteiger partial charge in [0.05, 0.1) is 11.6 Å². The predicted octanol–water partition coefficient (Wildman–Crippen LogP) is 5.20. The third-order valence-corrected chi connectivity index (χ3v) is 7.33. The Morgan fingerprint density at radius 2 is 0.690 bits per heavy atom. The second kappa shape index (κ2) is 9.71. The zero-order valence-electron chi connectivity index (χ0n) is 21.8. The van der Waals surface area contributed by atoms with Crippen LogP contribution in [0.3, 0.4) is 0 Å². The van der Waals surface area contributed by atoms with Crippen molar-refractivity contribution >= 4 is 22.1 Å². The van der Waals surface area contributed by atoms with E-state index < -0.39 is 0 Å². The summed E-state index contributed by atoms with van der Waals surface area (Å²) >= 11 is 0. The Bertz CT molecular complexity index is 2100. The van der Waals surface area contributed by atoms with Crippen molar-refractivity contribution in [2.45, 2.75) is 0 Å². The Hall–Kier alpha value is -5.22. The van der Waals surface area contributed by atoms with Crippen molar-refractivity contribution in [1.29, 1.82) is 0 Å². The zero-order chi connectivity index (χ0) is 26.2. The Morgan fingerprint density at radius 3 is 1.17 bits per heavy atom. The van der Waals surface area contributed by atoms with Crippen LogP contribution in [0.25, 0.3) is 90.4 Å². The van der Waals surface area contributed by atoms with Gasteiger partial charge in [-0.25, -0.2) is 9.97 Å². The smallest absolute Gasteiger partial charge is 0.412 e. The van der Waals surface area contributed by atoms with Crippen molar-refractivity contribution in [1.82, 2.24) is 39.9 Å². The van der Waals surface area contributed by atoms with Gasteiger partial charge in [-0.1, -0.05) is 97.1 Å². The summed E-state index contributed by atoms with van der Waals surface area (Å²) in [6.45, 7) is 0. The van der Waals surface area contributed by atoms with Gasteiger partial charge in [0.1, 0.15) is 0 Å². The summed E-state index contributed by atoms with van der Waals surface area (Å²) in [6, 6.07) is 31.8. The third-order valence-electron chi connectivity index (χ3n) is 7.33. The fraction of sp³-hybridized carbons (Fsp3) is 0. The van der Waals surface area contributed by atoms with Crippen molar-refractivity contribution in [3.05, 3.63) is 97.1 Å². The Kier molecular flexibility index (Phi) is 5.95. The second-order valence-corrected chi connectivity index (χ2v) is 9.67. The molecule has 42 heavy (non-hydrogen) atoms. The molecule has 5 heterocycles. The molecular formula is C32H18N8OV. The number of nitrogens with zero attached hydrogens (tertiary/aromatic N) is 8. The number of hydrogen-bond acceptors (Lipinski definition) is 6. The van der Waals surface area contributed by atoms with E-state index in [1.54, 1.807) is 0 Å². The summed E-state index contributed by atoms with van der Waals surface area (Å²) < 4.78 is 0. The standard InChI is InChI=1S/C32H16N8.H2O.V/c1-2-10-18-17(9-1)25-33-26(18)38-28-21-13-5-6-14-22(21)30(35-28)40-32-24-16-8-7-15-23(24)31(36-32)39-29-20-12-4-3-11-19(20)27(34-29)37-25;;/h1-16H;1H2;/q-2;;+2. The molecule has 0 fully saturated rings. The van der Waals surface area contributed by atoms with Gasteiger partial charge < -0.3 is 35.4 Å². The zero-order valence-corrected chi connectivity index (χ0v) is 23.2. The average molecular weight is 581 g/mol. The maximum Gasteiger partial charge on any atom is 2.00 e. The van der Waals surface area contributed by atoms with Crippen LogP contribution in [-0.2, 0) is 18.6 Å². The van der Waals surface area contributed by atoms with Crippen molar-refractivity contribution in [3.8, 4) is 68.3 Å². The normalized spacial score (nSPS) is 11.4. The van der Waals surface area contributed by atoms with Crippen LogP contribution in [0.1, 0.15) is 0 Å². The Labute approximate surface area is 250 Å². The predicted molar refractivity (Wildman–Crippen MR) is 156 cm³/mol. The molecule has 3 aliphatic heterocycles. The molecule has 0 atom stereocenters. The van der Waals surface area contributed by atoms with Crippen molar-refractivity contribution in [3.63, 3.8) is 0 Å². The van der Waals surface area contributed by atoms with Gasteiger partial charge in [0.15, 0.2) is 5.82 Å². The molecule has 10 heteroatoms. The van der Waals surface area contributed by atoms with Gasteiger partial charge in [-0.2, -0.15) is 0 Å². The molecule has 2 aromatic heterocycles. The summed E-state index contributed by atoms with van der Waals surface area (Å²) in [7, 11) is 0. The van der Waals surface area contributed by atoms with Crippen molar-refractivity contribution in [2.75, 3.05) is 0 Å². The van der Waals surface area contributed by atoms with E-state index in [2.05, 4.69) is 0 Å². The molecule has 0 saturated carbocycles. The van der Waals surface area contributed by atoms with Crippen LogP contribution in [0, 0.1) is 0 Å². The van der Waals surface area contributed by atoms with E-state index in [1.165, 1.54) is 0 Å². The molecule has 2 N–H and O–H groups in total. The molecule has 8 bridgehead atoms. The molecule has 1 radical (unpaired) electrons. The van der Waals surface area contributed by atoms with Crippen molar-refractivity contribution in [2.24, 2.45) is 0 Å². The van der Waals surface area contributed by atoms with E-state index in [1.807, 2.05) is 97.1 Å². The van der Waals surface area contributed by atoms with Gasteiger partial charge in [0.2, 0.25) is 0 Å².